The molecular formula is C13H25NO2. The standard InChI is InChI=1S/C13H25NO2/c15-9-5-12-4-3-8-14(10-12)11-13(16)6-1-2-7-13/h12,15-16H,1-11H2. The molecule has 0 aromatic rings. The number of β-amino-alcohol motifs (C(OH)–C–C–N with tert-alkyl or cyclic N) is 1. The predicted octanol–water partition coefficient (Wildman–Crippen LogP) is 1.39. The molecule has 94 valence electrons. The van der Waals surface area contributed by atoms with Crippen molar-refractivity contribution in [2.45, 2.75) is 50.5 Å². The van der Waals surface area contributed by atoms with Gasteiger partial charge in [-0.2, -0.15) is 0 Å². The van der Waals surface area contributed by atoms with Crippen LogP contribution >= 0.6 is 0 Å². The van der Waals surface area contributed by atoms with Crippen molar-refractivity contribution in [1.29, 1.82) is 0 Å². The Morgan fingerprint density at radius 2 is 1.94 bits per heavy atom. The first kappa shape index (κ1) is 12.3. The van der Waals surface area contributed by atoms with Crippen molar-refractivity contribution in [3.8, 4) is 0 Å². The van der Waals surface area contributed by atoms with Crippen LogP contribution in [-0.2, 0) is 0 Å². The Balaban J connectivity index is 1.80. The summed E-state index contributed by atoms with van der Waals surface area (Å²) in [7, 11) is 0. The third-order valence-corrected chi connectivity index (χ3v) is 4.19. The fourth-order valence-electron chi connectivity index (χ4n) is 3.32. The van der Waals surface area contributed by atoms with E-state index >= 15 is 0 Å². The third kappa shape index (κ3) is 3.19. The van der Waals surface area contributed by atoms with Gasteiger partial charge in [0.1, 0.15) is 0 Å². The number of nitrogens with zero attached hydrogens (tertiary/aromatic N) is 1. The van der Waals surface area contributed by atoms with Crippen LogP contribution in [0.15, 0.2) is 0 Å². The summed E-state index contributed by atoms with van der Waals surface area (Å²) in [6, 6.07) is 0. The molecule has 2 N–H and O–H groups in total. The van der Waals surface area contributed by atoms with Gasteiger partial charge in [0.2, 0.25) is 0 Å². The van der Waals surface area contributed by atoms with Gasteiger partial charge in [-0.25, -0.2) is 0 Å². The van der Waals surface area contributed by atoms with Gasteiger partial charge in [-0.3, -0.25) is 0 Å². The Bertz CT molecular complexity index is 212. The lowest BCUT2D eigenvalue weighted by atomic mass is 9.93. The van der Waals surface area contributed by atoms with Crippen LogP contribution in [-0.4, -0.2) is 47.0 Å². The number of aliphatic hydroxyl groups excluding tert-OH is 1. The van der Waals surface area contributed by atoms with E-state index < -0.39 is 5.60 Å². The van der Waals surface area contributed by atoms with Gasteiger partial charge in [0.05, 0.1) is 5.60 Å². The van der Waals surface area contributed by atoms with Crippen LogP contribution in [0.1, 0.15) is 44.9 Å². The van der Waals surface area contributed by atoms with Gasteiger partial charge >= 0.3 is 0 Å². The lowest BCUT2D eigenvalue weighted by Crippen LogP contribution is -2.45. The fourth-order valence-corrected chi connectivity index (χ4v) is 3.32. The molecule has 3 heteroatoms. The minimum atomic E-state index is -0.402. The number of likely N-dealkylation sites (tertiary alicyclic amines) is 1. The largest absolute Gasteiger partial charge is 0.396 e. The van der Waals surface area contributed by atoms with Gasteiger partial charge in [0, 0.05) is 19.7 Å². The molecule has 0 amide bonds. The predicted molar refractivity (Wildman–Crippen MR) is 64.3 cm³/mol. The fraction of sp³-hybridized carbons (Fsp3) is 1.00. The first-order valence-corrected chi connectivity index (χ1v) is 6.77. The smallest absolute Gasteiger partial charge is 0.0774 e. The number of piperidine rings is 1. The highest BCUT2D eigenvalue weighted by Crippen LogP contribution is 2.31. The zero-order valence-electron chi connectivity index (χ0n) is 10.2. The average molecular weight is 227 g/mol. The van der Waals surface area contributed by atoms with E-state index in [0.29, 0.717) is 12.5 Å². The highest BCUT2D eigenvalue weighted by atomic mass is 16.3. The highest BCUT2D eigenvalue weighted by Gasteiger charge is 2.34. The van der Waals surface area contributed by atoms with Crippen LogP contribution in [0.2, 0.25) is 0 Å². The van der Waals surface area contributed by atoms with Crippen LogP contribution < -0.4 is 0 Å². The monoisotopic (exact) mass is 227 g/mol. The van der Waals surface area contributed by atoms with Crippen molar-refractivity contribution in [2.75, 3.05) is 26.2 Å². The molecule has 1 saturated carbocycles. The maximum atomic E-state index is 10.4. The van der Waals surface area contributed by atoms with Crippen molar-refractivity contribution in [3.63, 3.8) is 0 Å². The summed E-state index contributed by atoms with van der Waals surface area (Å²) < 4.78 is 0. The van der Waals surface area contributed by atoms with Crippen LogP contribution in [0.3, 0.4) is 0 Å². The highest BCUT2D eigenvalue weighted by molar-refractivity contribution is 4.88. The van der Waals surface area contributed by atoms with Crippen molar-refractivity contribution in [1.82, 2.24) is 4.90 Å². The van der Waals surface area contributed by atoms with Crippen LogP contribution in [0.5, 0.6) is 0 Å². The first-order valence-electron chi connectivity index (χ1n) is 6.77. The molecule has 16 heavy (non-hydrogen) atoms. The summed E-state index contributed by atoms with van der Waals surface area (Å²) in [5.74, 6) is 0.642. The molecule has 2 fully saturated rings. The summed E-state index contributed by atoms with van der Waals surface area (Å²) in [4.78, 5) is 2.41. The summed E-state index contributed by atoms with van der Waals surface area (Å²) in [5.41, 5.74) is -0.402. The maximum absolute atomic E-state index is 10.4. The van der Waals surface area contributed by atoms with Gasteiger partial charge in [-0.05, 0) is 44.6 Å². The summed E-state index contributed by atoms with van der Waals surface area (Å²) in [5, 5.41) is 19.3. The Labute approximate surface area is 98.5 Å². The molecule has 1 aliphatic heterocycles. The zero-order chi connectivity index (χ0) is 11.4. The molecule has 0 spiro atoms. The van der Waals surface area contributed by atoms with E-state index in [-0.39, 0.29) is 0 Å². The van der Waals surface area contributed by atoms with E-state index in [0.717, 1.165) is 38.9 Å². The van der Waals surface area contributed by atoms with E-state index in [4.69, 9.17) is 5.11 Å². The quantitative estimate of drug-likeness (QED) is 0.762. The van der Waals surface area contributed by atoms with E-state index in [2.05, 4.69) is 4.90 Å². The molecule has 0 aromatic carbocycles. The van der Waals surface area contributed by atoms with E-state index in [1.165, 1.54) is 25.7 Å². The molecule has 1 saturated heterocycles. The van der Waals surface area contributed by atoms with E-state index in [1.807, 2.05) is 0 Å². The lowest BCUT2D eigenvalue weighted by molar-refractivity contribution is -0.00367. The molecule has 2 aliphatic rings. The van der Waals surface area contributed by atoms with Crippen molar-refractivity contribution in [2.24, 2.45) is 5.92 Å². The average Bonchev–Trinajstić information content (AvgIpc) is 2.66. The molecular weight excluding hydrogens is 202 g/mol. The molecule has 0 bridgehead atoms. The van der Waals surface area contributed by atoms with Crippen molar-refractivity contribution in [3.05, 3.63) is 0 Å². The van der Waals surface area contributed by atoms with Gasteiger partial charge in [0.15, 0.2) is 0 Å². The Morgan fingerprint density at radius 3 is 2.62 bits per heavy atom. The minimum absolute atomic E-state index is 0.308. The van der Waals surface area contributed by atoms with Gasteiger partial charge < -0.3 is 15.1 Å². The van der Waals surface area contributed by atoms with E-state index in [9.17, 15) is 5.11 Å². The van der Waals surface area contributed by atoms with Gasteiger partial charge in [0.25, 0.3) is 0 Å². The Morgan fingerprint density at radius 1 is 1.19 bits per heavy atom. The van der Waals surface area contributed by atoms with Crippen LogP contribution in [0.25, 0.3) is 0 Å². The normalized spacial score (nSPS) is 30.8. The molecule has 1 aliphatic carbocycles. The third-order valence-electron chi connectivity index (χ3n) is 4.19. The SMILES string of the molecule is OCCC1CCCN(CC2(O)CCCC2)C1. The second kappa shape index (κ2) is 5.48. The lowest BCUT2D eigenvalue weighted by Gasteiger charge is -2.37. The topological polar surface area (TPSA) is 43.7 Å². The summed E-state index contributed by atoms with van der Waals surface area (Å²) in [6.07, 6.45) is 7.72. The van der Waals surface area contributed by atoms with Crippen LogP contribution in [0.4, 0.5) is 0 Å². The van der Waals surface area contributed by atoms with E-state index in [1.54, 1.807) is 0 Å². The summed E-state index contributed by atoms with van der Waals surface area (Å²) >= 11 is 0. The molecule has 0 aromatic heterocycles. The maximum Gasteiger partial charge on any atom is 0.0774 e. The zero-order valence-corrected chi connectivity index (χ0v) is 10.2. The number of hydrogen-bond acceptors (Lipinski definition) is 3. The Hall–Kier alpha value is -0.120. The summed E-state index contributed by atoms with van der Waals surface area (Å²) in [6.45, 7) is 3.37. The van der Waals surface area contributed by atoms with Gasteiger partial charge in [-0.1, -0.05) is 12.8 Å². The number of rotatable bonds is 4. The number of hydrogen-bond donors (Lipinski definition) is 2. The second-order valence-electron chi connectivity index (χ2n) is 5.69. The van der Waals surface area contributed by atoms with Gasteiger partial charge in [-0.15, -0.1) is 0 Å². The molecule has 1 unspecified atom stereocenters. The molecule has 1 atom stereocenters. The molecule has 2 rings (SSSR count). The molecule has 0 radical (unpaired) electrons. The molecule has 3 nitrogen and oxygen atoms in total. The first-order chi connectivity index (χ1) is 7.72. The second-order valence-corrected chi connectivity index (χ2v) is 5.69. The van der Waals surface area contributed by atoms with Crippen molar-refractivity contribution < 1.29 is 10.2 Å². The molecule has 1 heterocycles. The minimum Gasteiger partial charge on any atom is -0.396 e. The van der Waals surface area contributed by atoms with Crippen molar-refractivity contribution >= 4 is 0 Å². The Kier molecular flexibility index (Phi) is 4.22. The number of aliphatic hydroxyl groups is 2. The van der Waals surface area contributed by atoms with Crippen LogP contribution in [0, 0.1) is 5.92 Å².